The number of likely N-dealkylation sites (tertiary alicyclic amines) is 1. The molecule has 4 rings (SSSR count). The minimum Gasteiger partial charge on any atom is -0.337 e. The molecule has 122 valence electrons. The van der Waals surface area contributed by atoms with Crippen molar-refractivity contribution in [1.82, 2.24) is 20.0 Å². The van der Waals surface area contributed by atoms with E-state index in [0.717, 1.165) is 29.8 Å². The number of thiophene rings is 1. The van der Waals surface area contributed by atoms with Crippen molar-refractivity contribution >= 4 is 17.2 Å². The third-order valence-electron chi connectivity index (χ3n) is 4.14. The lowest BCUT2D eigenvalue weighted by Gasteiger charge is -2.21. The van der Waals surface area contributed by atoms with Gasteiger partial charge in [-0.3, -0.25) is 9.78 Å². The first-order valence-corrected chi connectivity index (χ1v) is 8.75. The fourth-order valence-electron chi connectivity index (χ4n) is 2.97. The zero-order valence-electron chi connectivity index (χ0n) is 13.0. The van der Waals surface area contributed by atoms with Gasteiger partial charge in [0.25, 0.3) is 0 Å². The van der Waals surface area contributed by atoms with Gasteiger partial charge in [-0.05, 0) is 36.4 Å². The van der Waals surface area contributed by atoms with E-state index in [2.05, 4.69) is 15.1 Å². The molecule has 1 fully saturated rings. The maximum atomic E-state index is 12.6. The first kappa shape index (κ1) is 15.0. The first-order valence-electron chi connectivity index (χ1n) is 7.87. The summed E-state index contributed by atoms with van der Waals surface area (Å²) in [5, 5.41) is 6.04. The van der Waals surface area contributed by atoms with Gasteiger partial charge in [-0.25, -0.2) is 0 Å². The number of aromatic nitrogens is 3. The van der Waals surface area contributed by atoms with E-state index in [-0.39, 0.29) is 11.9 Å². The monoisotopic (exact) mass is 340 g/mol. The third-order valence-corrected chi connectivity index (χ3v) is 5.02. The Hall–Kier alpha value is -2.54. The molecule has 4 heterocycles. The molecule has 6 nitrogen and oxygen atoms in total. The van der Waals surface area contributed by atoms with Gasteiger partial charge in [-0.15, -0.1) is 11.3 Å². The number of pyridine rings is 1. The molecular formula is C17H16N4O2S. The Labute approximate surface area is 143 Å². The van der Waals surface area contributed by atoms with Crippen molar-refractivity contribution in [1.29, 1.82) is 0 Å². The molecule has 0 aliphatic carbocycles. The van der Waals surface area contributed by atoms with Crippen molar-refractivity contribution < 1.29 is 9.32 Å². The van der Waals surface area contributed by atoms with Crippen LogP contribution in [0.4, 0.5) is 0 Å². The van der Waals surface area contributed by atoms with Crippen LogP contribution in [0.5, 0.6) is 0 Å². The number of amides is 1. The summed E-state index contributed by atoms with van der Waals surface area (Å²) < 4.78 is 5.45. The molecule has 1 aliphatic rings. The van der Waals surface area contributed by atoms with Crippen molar-refractivity contribution in [2.45, 2.75) is 25.3 Å². The van der Waals surface area contributed by atoms with Gasteiger partial charge < -0.3 is 9.42 Å². The molecule has 0 bridgehead atoms. The second-order valence-electron chi connectivity index (χ2n) is 5.69. The fraction of sp³-hybridized carbons (Fsp3) is 0.294. The molecule has 0 aromatic carbocycles. The summed E-state index contributed by atoms with van der Waals surface area (Å²) in [7, 11) is 0. The molecule has 0 radical (unpaired) electrons. The Morgan fingerprint density at radius 2 is 2.21 bits per heavy atom. The fourth-order valence-corrected chi connectivity index (χ4v) is 3.67. The van der Waals surface area contributed by atoms with Crippen LogP contribution >= 0.6 is 11.3 Å². The quantitative estimate of drug-likeness (QED) is 0.730. The standard InChI is InChI=1S/C17H16N4O2S/c22-15(11-13-3-2-10-24-13)21-9-1-4-14(21)17-19-16(20-23-17)12-5-7-18-8-6-12/h2-3,5-8,10,14H,1,4,9,11H2/t14-/m0/s1. The predicted molar refractivity (Wildman–Crippen MR) is 89.2 cm³/mol. The van der Waals surface area contributed by atoms with E-state index in [9.17, 15) is 4.79 Å². The molecule has 24 heavy (non-hydrogen) atoms. The van der Waals surface area contributed by atoms with E-state index >= 15 is 0 Å². The van der Waals surface area contributed by atoms with Crippen LogP contribution in [0.3, 0.4) is 0 Å². The molecule has 1 amide bonds. The Morgan fingerprint density at radius 3 is 3.00 bits per heavy atom. The summed E-state index contributed by atoms with van der Waals surface area (Å²) in [6, 6.07) is 7.50. The van der Waals surface area contributed by atoms with Crippen molar-refractivity contribution in [2.24, 2.45) is 0 Å². The number of hydrogen-bond donors (Lipinski definition) is 0. The molecule has 1 aliphatic heterocycles. The topological polar surface area (TPSA) is 72.1 Å². The Kier molecular flexibility index (Phi) is 4.08. The average Bonchev–Trinajstić information content (AvgIpc) is 3.36. The number of hydrogen-bond acceptors (Lipinski definition) is 6. The molecule has 0 saturated carbocycles. The Morgan fingerprint density at radius 1 is 1.33 bits per heavy atom. The van der Waals surface area contributed by atoms with E-state index in [4.69, 9.17) is 4.52 Å². The smallest absolute Gasteiger partial charge is 0.249 e. The third kappa shape index (κ3) is 2.94. The highest BCUT2D eigenvalue weighted by Crippen LogP contribution is 2.32. The van der Waals surface area contributed by atoms with Crippen LogP contribution in [0.15, 0.2) is 46.6 Å². The van der Waals surface area contributed by atoms with Gasteiger partial charge in [0.2, 0.25) is 17.6 Å². The van der Waals surface area contributed by atoms with E-state index in [1.54, 1.807) is 23.7 Å². The summed E-state index contributed by atoms with van der Waals surface area (Å²) in [4.78, 5) is 24.0. The molecule has 0 N–H and O–H groups in total. The van der Waals surface area contributed by atoms with Gasteiger partial charge in [-0.1, -0.05) is 11.2 Å². The summed E-state index contributed by atoms with van der Waals surface area (Å²) >= 11 is 1.60. The molecule has 3 aromatic heterocycles. The van der Waals surface area contributed by atoms with Crippen LogP contribution in [-0.2, 0) is 11.2 Å². The second-order valence-corrected chi connectivity index (χ2v) is 6.73. The minimum atomic E-state index is -0.124. The van der Waals surface area contributed by atoms with E-state index < -0.39 is 0 Å². The van der Waals surface area contributed by atoms with Crippen molar-refractivity contribution in [3.05, 3.63) is 52.8 Å². The molecule has 3 aromatic rings. The van der Waals surface area contributed by atoms with Crippen LogP contribution in [0.1, 0.15) is 29.7 Å². The molecule has 0 unspecified atom stereocenters. The highest BCUT2D eigenvalue weighted by molar-refractivity contribution is 7.10. The van der Waals surface area contributed by atoms with Crippen molar-refractivity contribution in [3.63, 3.8) is 0 Å². The predicted octanol–water partition coefficient (Wildman–Crippen LogP) is 3.10. The lowest BCUT2D eigenvalue weighted by atomic mass is 10.2. The van der Waals surface area contributed by atoms with Crippen LogP contribution in [-0.4, -0.2) is 32.5 Å². The highest BCUT2D eigenvalue weighted by Gasteiger charge is 2.34. The van der Waals surface area contributed by atoms with Crippen molar-refractivity contribution in [2.75, 3.05) is 6.54 Å². The average molecular weight is 340 g/mol. The van der Waals surface area contributed by atoms with Crippen molar-refractivity contribution in [3.8, 4) is 11.4 Å². The maximum absolute atomic E-state index is 12.6. The zero-order chi connectivity index (χ0) is 16.4. The van der Waals surface area contributed by atoms with Crippen LogP contribution in [0.25, 0.3) is 11.4 Å². The van der Waals surface area contributed by atoms with Crippen LogP contribution < -0.4 is 0 Å². The first-order chi connectivity index (χ1) is 11.8. The number of nitrogens with zero attached hydrogens (tertiary/aromatic N) is 4. The minimum absolute atomic E-state index is 0.114. The largest absolute Gasteiger partial charge is 0.337 e. The SMILES string of the molecule is O=C(Cc1cccs1)N1CCC[C@H]1c1nc(-c2ccncc2)no1. The molecular weight excluding hydrogens is 324 g/mol. The maximum Gasteiger partial charge on any atom is 0.249 e. The Balaban J connectivity index is 1.53. The summed E-state index contributed by atoms with van der Waals surface area (Å²) in [5.74, 6) is 1.16. The van der Waals surface area contributed by atoms with Gasteiger partial charge in [0.1, 0.15) is 6.04 Å². The van der Waals surface area contributed by atoms with Gasteiger partial charge in [-0.2, -0.15) is 4.98 Å². The normalized spacial score (nSPS) is 17.3. The molecule has 7 heteroatoms. The lowest BCUT2D eigenvalue weighted by molar-refractivity contribution is -0.131. The molecule has 1 saturated heterocycles. The molecule has 1 atom stereocenters. The van der Waals surface area contributed by atoms with E-state index in [1.807, 2.05) is 34.5 Å². The number of carbonyl (C=O) groups is 1. The van der Waals surface area contributed by atoms with Gasteiger partial charge >= 0.3 is 0 Å². The van der Waals surface area contributed by atoms with Crippen LogP contribution in [0.2, 0.25) is 0 Å². The van der Waals surface area contributed by atoms with Crippen LogP contribution in [0, 0.1) is 0 Å². The lowest BCUT2D eigenvalue weighted by Crippen LogP contribution is -2.31. The number of rotatable bonds is 4. The zero-order valence-corrected chi connectivity index (χ0v) is 13.8. The number of carbonyl (C=O) groups excluding carboxylic acids is 1. The Bertz CT molecular complexity index is 816. The van der Waals surface area contributed by atoms with E-state index in [0.29, 0.717) is 18.1 Å². The summed E-state index contributed by atoms with van der Waals surface area (Å²) in [6.07, 6.45) is 5.62. The highest BCUT2D eigenvalue weighted by atomic mass is 32.1. The summed E-state index contributed by atoms with van der Waals surface area (Å²) in [6.45, 7) is 0.738. The summed E-state index contributed by atoms with van der Waals surface area (Å²) in [5.41, 5.74) is 0.856. The van der Waals surface area contributed by atoms with Gasteiger partial charge in [0.15, 0.2) is 0 Å². The molecule has 0 spiro atoms. The second kappa shape index (κ2) is 6.52. The van der Waals surface area contributed by atoms with Gasteiger partial charge in [0.05, 0.1) is 6.42 Å². The van der Waals surface area contributed by atoms with Gasteiger partial charge in [0, 0.05) is 29.4 Å². The van der Waals surface area contributed by atoms with E-state index in [1.165, 1.54) is 0 Å².